The number of alkyl halides is 2. The Bertz CT molecular complexity index is 878. The van der Waals surface area contributed by atoms with E-state index in [1.165, 1.54) is 17.5 Å². The van der Waals surface area contributed by atoms with E-state index in [1.54, 1.807) is 18.3 Å². The van der Waals surface area contributed by atoms with E-state index >= 15 is 0 Å². The van der Waals surface area contributed by atoms with E-state index in [0.717, 1.165) is 15.8 Å². The summed E-state index contributed by atoms with van der Waals surface area (Å²) in [5, 5.41) is 1.13. The number of halogens is 2. The van der Waals surface area contributed by atoms with Gasteiger partial charge in [-0.3, -0.25) is 9.71 Å². The van der Waals surface area contributed by atoms with Gasteiger partial charge in [0.2, 0.25) is 0 Å². The molecule has 0 bridgehead atoms. The molecule has 2 nitrogen and oxygen atoms in total. The molecule has 0 radical (unpaired) electrons. The zero-order chi connectivity index (χ0) is 16.8. The number of fused-ring (bicyclic) bond motifs is 1. The van der Waals surface area contributed by atoms with Crippen molar-refractivity contribution in [3.8, 4) is 11.8 Å². The largest absolute Gasteiger partial charge is 0.299 e. The molecule has 24 heavy (non-hydrogen) atoms. The maximum Gasteiger partial charge on any atom is 0.299 e. The summed E-state index contributed by atoms with van der Waals surface area (Å²) in [4.78, 5) is 5.34. The highest BCUT2D eigenvalue weighted by Crippen LogP contribution is 2.19. The zero-order valence-corrected chi connectivity index (χ0v) is 13.5. The Morgan fingerprint density at radius 1 is 1.04 bits per heavy atom. The van der Waals surface area contributed by atoms with Gasteiger partial charge >= 0.3 is 0 Å². The molecule has 3 rings (SSSR count). The number of aromatic nitrogens is 1. The molecular formula is C19H14F2N2S. The second-order valence-corrected chi connectivity index (χ2v) is 5.97. The van der Waals surface area contributed by atoms with Gasteiger partial charge in [-0.2, -0.15) is 8.78 Å². The van der Waals surface area contributed by atoms with E-state index in [-0.39, 0.29) is 0 Å². The number of hydrogen-bond donors (Lipinski definition) is 1. The third-order valence-corrected chi connectivity index (χ3v) is 4.17. The lowest BCUT2D eigenvalue weighted by Gasteiger charge is -2.07. The Morgan fingerprint density at radius 3 is 2.62 bits per heavy atom. The van der Waals surface area contributed by atoms with Gasteiger partial charge in [-0.15, -0.1) is 0 Å². The monoisotopic (exact) mass is 340 g/mol. The fraction of sp³-hybridized carbons (Fsp3) is 0.105. The van der Waals surface area contributed by atoms with Gasteiger partial charge in [0.15, 0.2) is 0 Å². The van der Waals surface area contributed by atoms with Crippen LogP contribution in [0.4, 0.5) is 8.78 Å². The molecule has 0 aliphatic heterocycles. The molecule has 1 aromatic heterocycles. The van der Waals surface area contributed by atoms with E-state index < -0.39 is 6.43 Å². The summed E-state index contributed by atoms with van der Waals surface area (Å²) >= 11 is 1.49. The lowest BCUT2D eigenvalue weighted by atomic mass is 10.1. The molecule has 0 fully saturated rings. The molecule has 0 aliphatic carbocycles. The standard InChI is InChI=1S/C19H14F2N2S/c20-19(21)10-7-14-5-8-16(9-6-14)24-23-13-15-11-12-22-18-4-2-1-3-17(15)18/h1-6,8-9,11-12,19,23H,13H2. The van der Waals surface area contributed by atoms with Crippen molar-refractivity contribution in [2.45, 2.75) is 17.9 Å². The summed E-state index contributed by atoms with van der Waals surface area (Å²) in [6.07, 6.45) is -0.795. The van der Waals surface area contributed by atoms with Gasteiger partial charge in [0.1, 0.15) is 0 Å². The highest BCUT2D eigenvalue weighted by molar-refractivity contribution is 7.97. The lowest BCUT2D eigenvalue weighted by molar-refractivity contribution is 0.215. The maximum atomic E-state index is 12.0. The minimum Gasteiger partial charge on any atom is -0.256 e. The summed E-state index contributed by atoms with van der Waals surface area (Å²) in [6, 6.07) is 17.2. The first kappa shape index (κ1) is 16.4. The van der Waals surface area contributed by atoms with Crippen LogP contribution >= 0.6 is 11.9 Å². The number of para-hydroxylation sites is 1. The molecular weight excluding hydrogens is 326 g/mol. The topological polar surface area (TPSA) is 24.9 Å². The van der Waals surface area contributed by atoms with Gasteiger partial charge < -0.3 is 0 Å². The Morgan fingerprint density at radius 2 is 1.83 bits per heavy atom. The summed E-state index contributed by atoms with van der Waals surface area (Å²) < 4.78 is 27.4. The number of hydrogen-bond acceptors (Lipinski definition) is 3. The molecule has 0 atom stereocenters. The smallest absolute Gasteiger partial charge is 0.256 e. The van der Waals surface area contributed by atoms with Crippen LogP contribution < -0.4 is 4.72 Å². The third-order valence-electron chi connectivity index (χ3n) is 3.37. The maximum absolute atomic E-state index is 12.0. The van der Waals surface area contributed by atoms with Crippen LogP contribution in [0.3, 0.4) is 0 Å². The third kappa shape index (κ3) is 4.31. The van der Waals surface area contributed by atoms with E-state index in [9.17, 15) is 8.78 Å². The van der Waals surface area contributed by atoms with Gasteiger partial charge in [0, 0.05) is 28.6 Å². The van der Waals surface area contributed by atoms with Crippen LogP contribution in [0.2, 0.25) is 0 Å². The van der Waals surface area contributed by atoms with E-state index in [2.05, 4.69) is 21.7 Å². The van der Waals surface area contributed by atoms with Crippen LogP contribution in [-0.2, 0) is 6.54 Å². The minimum absolute atomic E-state index is 0.583. The SMILES string of the molecule is FC(F)C#Cc1ccc(SNCc2ccnc3ccccc23)cc1. The first-order valence-electron chi connectivity index (χ1n) is 7.34. The van der Waals surface area contributed by atoms with Crippen molar-refractivity contribution in [2.24, 2.45) is 0 Å². The van der Waals surface area contributed by atoms with Gasteiger partial charge in [-0.1, -0.05) is 24.1 Å². The molecule has 5 heteroatoms. The van der Waals surface area contributed by atoms with E-state index in [0.29, 0.717) is 12.1 Å². The van der Waals surface area contributed by atoms with Gasteiger partial charge in [0.05, 0.1) is 5.52 Å². The highest BCUT2D eigenvalue weighted by Gasteiger charge is 2.01. The van der Waals surface area contributed by atoms with Crippen molar-refractivity contribution in [3.63, 3.8) is 0 Å². The lowest BCUT2D eigenvalue weighted by Crippen LogP contribution is -2.03. The molecule has 3 aromatic rings. The summed E-state index contributed by atoms with van der Waals surface area (Å²) in [6.45, 7) is 0.695. The molecule has 2 aromatic carbocycles. The normalized spacial score (nSPS) is 10.6. The number of rotatable bonds is 4. The fourth-order valence-corrected chi connectivity index (χ4v) is 2.92. The molecule has 0 saturated carbocycles. The van der Waals surface area contributed by atoms with Crippen LogP contribution in [0.5, 0.6) is 0 Å². The second-order valence-electron chi connectivity index (χ2n) is 5.00. The molecule has 0 unspecified atom stereocenters. The minimum atomic E-state index is -2.60. The van der Waals surface area contributed by atoms with Crippen LogP contribution in [-0.4, -0.2) is 11.4 Å². The predicted octanol–water partition coefficient (Wildman–Crippen LogP) is 4.65. The number of nitrogens with one attached hydrogen (secondary N) is 1. The molecule has 120 valence electrons. The summed E-state index contributed by atoms with van der Waals surface area (Å²) in [7, 11) is 0. The zero-order valence-electron chi connectivity index (χ0n) is 12.7. The van der Waals surface area contributed by atoms with E-state index in [4.69, 9.17) is 0 Å². The van der Waals surface area contributed by atoms with Crippen molar-refractivity contribution >= 4 is 22.9 Å². The Kier molecular flexibility index (Phi) is 5.42. The second kappa shape index (κ2) is 7.91. The number of pyridine rings is 1. The van der Waals surface area contributed by atoms with Crippen molar-refractivity contribution in [2.75, 3.05) is 0 Å². The predicted molar refractivity (Wildman–Crippen MR) is 93.8 cm³/mol. The Hall–Kier alpha value is -2.42. The molecule has 1 N–H and O–H groups in total. The van der Waals surface area contributed by atoms with Crippen LogP contribution in [0, 0.1) is 11.8 Å². The number of nitrogens with zero attached hydrogens (tertiary/aromatic N) is 1. The molecule has 0 amide bonds. The van der Waals surface area contributed by atoms with Gasteiger partial charge in [-0.25, -0.2) is 0 Å². The van der Waals surface area contributed by atoms with Gasteiger partial charge in [0.25, 0.3) is 6.43 Å². The van der Waals surface area contributed by atoms with Gasteiger partial charge in [-0.05, 0) is 59.8 Å². The fourth-order valence-electron chi connectivity index (χ4n) is 2.25. The quantitative estimate of drug-likeness (QED) is 0.553. The van der Waals surface area contributed by atoms with E-state index in [1.807, 2.05) is 42.3 Å². The highest BCUT2D eigenvalue weighted by atomic mass is 32.2. The van der Waals surface area contributed by atoms with Crippen molar-refractivity contribution in [1.82, 2.24) is 9.71 Å². The van der Waals surface area contributed by atoms with Crippen LogP contribution in [0.25, 0.3) is 10.9 Å². The van der Waals surface area contributed by atoms with Crippen LogP contribution in [0.1, 0.15) is 11.1 Å². The van der Waals surface area contributed by atoms with Crippen molar-refractivity contribution in [3.05, 3.63) is 71.9 Å². The molecule has 0 aliphatic rings. The first-order chi connectivity index (χ1) is 11.7. The Balaban J connectivity index is 1.61. The van der Waals surface area contributed by atoms with Crippen molar-refractivity contribution < 1.29 is 8.78 Å². The van der Waals surface area contributed by atoms with Crippen LogP contribution in [0.15, 0.2) is 65.7 Å². The average Bonchev–Trinajstić information content (AvgIpc) is 2.61. The molecule has 0 saturated heterocycles. The molecule has 0 spiro atoms. The summed E-state index contributed by atoms with van der Waals surface area (Å²) in [5.74, 6) is 4.29. The average molecular weight is 340 g/mol. The number of benzene rings is 2. The summed E-state index contributed by atoms with van der Waals surface area (Å²) in [5.41, 5.74) is 2.73. The Labute approximate surface area is 143 Å². The first-order valence-corrected chi connectivity index (χ1v) is 8.16. The molecule has 1 heterocycles. The van der Waals surface area contributed by atoms with Crippen molar-refractivity contribution in [1.29, 1.82) is 0 Å².